The van der Waals surface area contributed by atoms with Crippen LogP contribution in [0.1, 0.15) is 316 Å². The van der Waals surface area contributed by atoms with Gasteiger partial charge in [0.05, 0.1) is 39.9 Å². The van der Waals surface area contributed by atoms with Crippen molar-refractivity contribution < 1.29 is 38.0 Å². The zero-order chi connectivity index (χ0) is 53.6. The summed E-state index contributed by atoms with van der Waals surface area (Å²) in [5, 5.41) is 24.7. The van der Waals surface area contributed by atoms with Gasteiger partial charge >= 0.3 is 0 Å². The Morgan fingerprint density at radius 3 is 1.15 bits per heavy atom. The van der Waals surface area contributed by atoms with Crippen LogP contribution >= 0.6 is 7.82 Å². The molecule has 4 atom stereocenters. The average molecular weight is 1050 g/mol. The Morgan fingerprint density at radius 1 is 0.479 bits per heavy atom. The summed E-state index contributed by atoms with van der Waals surface area (Å²) in [4.78, 5) is 25.5. The Morgan fingerprint density at radius 2 is 0.795 bits per heavy atom. The van der Waals surface area contributed by atoms with Gasteiger partial charge in [0.2, 0.25) is 5.91 Å². The number of carbonyl (C=O) groups is 1. The molecule has 10 heteroatoms. The van der Waals surface area contributed by atoms with Crippen LogP contribution in [-0.2, 0) is 18.4 Å². The lowest BCUT2D eigenvalue weighted by Crippen LogP contribution is -2.51. The smallest absolute Gasteiger partial charge is 0.268 e. The van der Waals surface area contributed by atoms with Gasteiger partial charge in [-0.3, -0.25) is 9.36 Å². The molecule has 434 valence electrons. The predicted octanol–water partition coefficient (Wildman–Crippen LogP) is 17.9. The molecule has 0 aromatic carbocycles. The lowest BCUT2D eigenvalue weighted by atomic mass is 10.0. The van der Waals surface area contributed by atoms with Gasteiger partial charge in [-0.05, 0) is 51.4 Å². The van der Waals surface area contributed by atoms with Crippen LogP contribution in [0.2, 0.25) is 0 Å². The van der Waals surface area contributed by atoms with Crippen LogP contribution in [0.5, 0.6) is 0 Å². The lowest BCUT2D eigenvalue weighted by molar-refractivity contribution is -0.870. The second-order valence-electron chi connectivity index (χ2n) is 23.2. The van der Waals surface area contributed by atoms with Crippen LogP contribution in [0.4, 0.5) is 0 Å². The molecule has 0 radical (unpaired) electrons. The fourth-order valence-electron chi connectivity index (χ4n) is 9.75. The number of allylic oxidation sites excluding steroid dienone is 4. The molecule has 73 heavy (non-hydrogen) atoms. The third-order valence-corrected chi connectivity index (χ3v) is 15.7. The van der Waals surface area contributed by atoms with E-state index in [1.807, 2.05) is 21.1 Å². The van der Waals surface area contributed by atoms with Crippen molar-refractivity contribution in [3.63, 3.8) is 0 Å². The number of quaternary nitrogens is 1. The molecule has 9 nitrogen and oxygen atoms in total. The topological polar surface area (TPSA) is 128 Å². The highest BCUT2D eigenvalue weighted by Crippen LogP contribution is 2.38. The molecule has 0 saturated heterocycles. The van der Waals surface area contributed by atoms with Crippen LogP contribution in [0, 0.1) is 0 Å². The van der Waals surface area contributed by atoms with Crippen molar-refractivity contribution in [1.82, 2.24) is 5.32 Å². The molecule has 3 N–H and O–H groups in total. The quantitative estimate of drug-likeness (QED) is 0.0239. The number of nitrogens with one attached hydrogen (secondary N) is 1. The molecule has 0 rings (SSSR count). The third kappa shape index (κ3) is 55.5. The minimum Gasteiger partial charge on any atom is -0.756 e. The summed E-state index contributed by atoms with van der Waals surface area (Å²) in [6.45, 7) is 4.41. The lowest BCUT2D eigenvalue weighted by Gasteiger charge is -2.31. The SMILES string of the molecule is CCCCC/C=C/CC/C=C/CCCC(O)C(O)C(COP(=O)([O-])OCC[N+](C)(C)C)NC(=O)CCCCCCCCCCCCCCCCCCCCCCCCCCCCCCCCCCCCCCC. The van der Waals surface area contributed by atoms with Crippen molar-refractivity contribution in [2.45, 2.75) is 334 Å². The number of hydrogen-bond donors (Lipinski definition) is 3. The van der Waals surface area contributed by atoms with E-state index in [0.717, 1.165) is 38.5 Å². The normalized spacial score (nSPS) is 14.4. The van der Waals surface area contributed by atoms with Gasteiger partial charge in [-0.25, -0.2) is 0 Å². The highest BCUT2D eigenvalue weighted by Gasteiger charge is 2.29. The minimum atomic E-state index is -4.68. The summed E-state index contributed by atoms with van der Waals surface area (Å²) in [6.07, 6.45) is 65.8. The van der Waals surface area contributed by atoms with Gasteiger partial charge in [0, 0.05) is 6.42 Å². The van der Waals surface area contributed by atoms with E-state index in [9.17, 15) is 24.5 Å². The highest BCUT2D eigenvalue weighted by molar-refractivity contribution is 7.45. The van der Waals surface area contributed by atoms with Gasteiger partial charge in [0.1, 0.15) is 19.3 Å². The summed E-state index contributed by atoms with van der Waals surface area (Å²) in [7, 11) is 1.11. The maximum atomic E-state index is 13.0. The van der Waals surface area contributed by atoms with Gasteiger partial charge in [0.25, 0.3) is 7.82 Å². The molecule has 0 aliphatic rings. The Kier molecular flexibility index (Phi) is 53.5. The fraction of sp³-hybridized carbons (Fsp3) is 0.921. The largest absolute Gasteiger partial charge is 0.756 e. The molecule has 0 aliphatic heterocycles. The maximum absolute atomic E-state index is 13.0. The van der Waals surface area contributed by atoms with Gasteiger partial charge in [0.15, 0.2) is 0 Å². The molecule has 0 fully saturated rings. The Hall–Kier alpha value is -1.06. The zero-order valence-electron chi connectivity index (χ0n) is 49.2. The van der Waals surface area contributed by atoms with Crippen molar-refractivity contribution in [2.75, 3.05) is 40.9 Å². The van der Waals surface area contributed by atoms with Crippen LogP contribution in [0.25, 0.3) is 0 Å². The molecule has 1 amide bonds. The first-order valence-electron chi connectivity index (χ1n) is 31.8. The number of hydrogen-bond acceptors (Lipinski definition) is 7. The van der Waals surface area contributed by atoms with Crippen molar-refractivity contribution in [3.05, 3.63) is 24.3 Å². The number of carbonyl (C=O) groups excluding carboxylic acids is 1. The van der Waals surface area contributed by atoms with E-state index >= 15 is 0 Å². The number of aliphatic hydroxyl groups excluding tert-OH is 2. The third-order valence-electron chi connectivity index (χ3n) is 14.8. The standard InChI is InChI=1S/C63H125N2O7P/c1-6-8-10-12-14-16-18-20-21-22-23-24-25-26-27-28-29-30-31-32-33-34-35-36-37-38-39-40-41-42-43-44-46-48-50-52-54-56-62(67)64-60(59-72-73(69,70)71-58-57-65(3,4)5)63(68)61(66)55-53-51-49-47-45-19-17-15-13-11-9-7-2/h15,17,47,49,60-61,63,66,68H,6-14,16,18-46,48,50-59H2,1-5H3,(H-,64,67,69,70)/b17-15+,49-47+. The Balaban J connectivity index is 3.93. The predicted molar refractivity (Wildman–Crippen MR) is 313 cm³/mol. The van der Waals surface area contributed by atoms with Gasteiger partial charge < -0.3 is 34.0 Å². The van der Waals surface area contributed by atoms with E-state index in [2.05, 4.69) is 43.5 Å². The molecule has 0 aliphatic carbocycles. The van der Waals surface area contributed by atoms with E-state index in [1.165, 1.54) is 238 Å². The summed E-state index contributed by atoms with van der Waals surface area (Å²) in [5.41, 5.74) is 0. The van der Waals surface area contributed by atoms with Crippen molar-refractivity contribution in [1.29, 1.82) is 0 Å². The molecular formula is C63H125N2O7P. The number of nitrogens with zero attached hydrogens (tertiary/aromatic N) is 1. The second-order valence-corrected chi connectivity index (χ2v) is 24.7. The van der Waals surface area contributed by atoms with Crippen molar-refractivity contribution >= 4 is 13.7 Å². The average Bonchev–Trinajstić information content (AvgIpc) is 3.35. The highest BCUT2D eigenvalue weighted by atomic mass is 31.2. The first-order valence-corrected chi connectivity index (χ1v) is 33.2. The number of phosphoric acid groups is 1. The van der Waals surface area contributed by atoms with Gasteiger partial charge in [-0.15, -0.1) is 0 Å². The van der Waals surface area contributed by atoms with Crippen molar-refractivity contribution in [2.24, 2.45) is 0 Å². The van der Waals surface area contributed by atoms with E-state index in [4.69, 9.17) is 9.05 Å². The molecule has 0 bridgehead atoms. The first-order chi connectivity index (χ1) is 35.4. The van der Waals surface area contributed by atoms with Crippen molar-refractivity contribution in [3.8, 4) is 0 Å². The number of aliphatic hydroxyl groups is 2. The molecule has 4 unspecified atom stereocenters. The second kappa shape index (κ2) is 54.3. The maximum Gasteiger partial charge on any atom is 0.268 e. The number of amides is 1. The van der Waals surface area contributed by atoms with E-state index in [1.54, 1.807) is 0 Å². The molecule has 0 aromatic rings. The van der Waals surface area contributed by atoms with Crippen LogP contribution in [-0.4, -0.2) is 79.8 Å². The summed E-state index contributed by atoms with van der Waals surface area (Å²) >= 11 is 0. The van der Waals surface area contributed by atoms with E-state index in [0.29, 0.717) is 30.3 Å². The summed E-state index contributed by atoms with van der Waals surface area (Å²) < 4.78 is 23.2. The number of unbranched alkanes of at least 4 members (excludes halogenated alkanes) is 41. The summed E-state index contributed by atoms with van der Waals surface area (Å²) in [5.74, 6) is -0.287. The molecule has 0 aromatic heterocycles. The van der Waals surface area contributed by atoms with Gasteiger partial charge in [-0.2, -0.15) is 0 Å². The number of rotatable bonds is 59. The molecule has 0 heterocycles. The van der Waals surface area contributed by atoms with Crippen LogP contribution in [0.15, 0.2) is 24.3 Å². The summed E-state index contributed by atoms with van der Waals surface area (Å²) in [6, 6.07) is -1.09. The first kappa shape index (κ1) is 71.9. The van der Waals surface area contributed by atoms with E-state index < -0.39 is 32.7 Å². The molecular weight excluding hydrogens is 928 g/mol. The monoisotopic (exact) mass is 1050 g/mol. The van der Waals surface area contributed by atoms with E-state index in [-0.39, 0.29) is 18.9 Å². The minimum absolute atomic E-state index is 0.0466. The zero-order valence-corrected chi connectivity index (χ0v) is 50.1. The molecule has 0 spiro atoms. The Bertz CT molecular complexity index is 1260. The number of likely N-dealkylation sites (N-methyl/N-ethyl adjacent to an activating group) is 1. The van der Waals surface area contributed by atoms with Gasteiger partial charge in [-0.1, -0.05) is 282 Å². The fourth-order valence-corrected chi connectivity index (χ4v) is 10.5. The van der Waals surface area contributed by atoms with Crippen LogP contribution < -0.4 is 10.2 Å². The Labute approximate surface area is 454 Å². The van der Waals surface area contributed by atoms with Crippen LogP contribution in [0.3, 0.4) is 0 Å². The number of phosphoric ester groups is 1. The molecule has 0 saturated carbocycles.